The van der Waals surface area contributed by atoms with Gasteiger partial charge in [-0.25, -0.2) is 6.29 Å². The first-order valence-electron chi connectivity index (χ1n) is 6.96. The second kappa shape index (κ2) is 14.1. The van der Waals surface area contributed by atoms with Crippen LogP contribution in [0.2, 0.25) is 0 Å². The largest absolute Gasteiger partial charge is 0.540 e. The van der Waals surface area contributed by atoms with E-state index < -0.39 is 12.1 Å². The normalized spacial score (nSPS) is 24.3. The van der Waals surface area contributed by atoms with E-state index in [0.29, 0.717) is 12.5 Å². The van der Waals surface area contributed by atoms with Crippen molar-refractivity contribution >= 4 is 18.6 Å². The zero-order valence-electron chi connectivity index (χ0n) is 13.4. The molecule has 6 nitrogen and oxygen atoms in total. The van der Waals surface area contributed by atoms with Gasteiger partial charge in [-0.2, -0.15) is 0 Å². The maximum Gasteiger partial charge on any atom is 0.249 e. The Labute approximate surface area is 139 Å². The molecule has 1 heterocycles. The maximum atomic E-state index is 11.6. The number of nitrogens with two attached hydrogens (primary N) is 1. The second-order valence-corrected chi connectivity index (χ2v) is 4.41. The molecule has 0 spiro atoms. The van der Waals surface area contributed by atoms with Gasteiger partial charge in [0, 0.05) is 25.1 Å². The van der Waals surface area contributed by atoms with E-state index in [9.17, 15) is 14.7 Å². The van der Waals surface area contributed by atoms with Crippen LogP contribution >= 0.6 is 0 Å². The fraction of sp³-hybridized carbons (Fsp3) is 0.786. The molecule has 123 valence electrons. The molecule has 0 aliphatic carbocycles. The van der Waals surface area contributed by atoms with E-state index >= 15 is 0 Å². The fourth-order valence-electron chi connectivity index (χ4n) is 2.35. The van der Waals surface area contributed by atoms with Crippen molar-refractivity contribution in [1.29, 1.82) is 0 Å². The van der Waals surface area contributed by atoms with Gasteiger partial charge < -0.3 is 20.5 Å². The summed E-state index contributed by atoms with van der Waals surface area (Å²) in [5, 5.41) is 9.22. The third kappa shape index (κ3) is 7.64. The Morgan fingerprint density at radius 3 is 2.24 bits per heavy atom. The van der Waals surface area contributed by atoms with E-state index in [1.54, 1.807) is 0 Å². The third-order valence-electron chi connectivity index (χ3n) is 3.19. The number of likely N-dealkylation sites (tertiary alicyclic amines) is 1. The minimum absolute atomic E-state index is 0. The standard InChI is InChI=1S/C11H18NO3.C2H6.CH3NO.V/c1-4-9-7(2)5-12(10(9)6-13)11(15)8(3)14;1-2;2-1-3;/h7-10,14H,4-5H2,1-3H3;1-2H3;1H,(H2,2,3);/q-1;;;/t7-,8-,9+,10+;;;/m0.../s1. The van der Waals surface area contributed by atoms with Crippen LogP contribution in [-0.2, 0) is 32.9 Å². The molecule has 1 aliphatic rings. The first kappa shape index (κ1) is 25.1. The summed E-state index contributed by atoms with van der Waals surface area (Å²) in [6, 6.07) is -0.480. The first-order valence-corrected chi connectivity index (χ1v) is 6.96. The molecule has 0 saturated carbocycles. The van der Waals surface area contributed by atoms with E-state index in [1.165, 1.54) is 11.8 Å². The van der Waals surface area contributed by atoms with Crippen molar-refractivity contribution in [2.45, 2.75) is 53.2 Å². The van der Waals surface area contributed by atoms with Gasteiger partial charge in [-0.1, -0.05) is 40.2 Å². The molecule has 1 fully saturated rings. The van der Waals surface area contributed by atoms with Gasteiger partial charge in [-0.05, 0) is 18.8 Å². The van der Waals surface area contributed by atoms with Crippen LogP contribution in [0.4, 0.5) is 0 Å². The minimum Gasteiger partial charge on any atom is -0.540 e. The summed E-state index contributed by atoms with van der Waals surface area (Å²) in [5.41, 5.74) is 4.17. The number of hydrogen-bond donors (Lipinski definition) is 2. The van der Waals surface area contributed by atoms with Crippen molar-refractivity contribution in [2.24, 2.45) is 17.6 Å². The number of rotatable bonds is 3. The monoisotopic (exact) mass is 338 g/mol. The van der Waals surface area contributed by atoms with Gasteiger partial charge in [-0.3, -0.25) is 9.59 Å². The van der Waals surface area contributed by atoms with E-state index in [2.05, 4.69) is 5.73 Å². The van der Waals surface area contributed by atoms with Crippen molar-refractivity contribution in [2.75, 3.05) is 6.54 Å². The van der Waals surface area contributed by atoms with Crippen LogP contribution in [0.25, 0.3) is 0 Å². The molecule has 0 aromatic rings. The van der Waals surface area contributed by atoms with Gasteiger partial charge in [0.25, 0.3) is 0 Å². The van der Waals surface area contributed by atoms with Crippen molar-refractivity contribution in [3.8, 4) is 0 Å². The summed E-state index contributed by atoms with van der Waals surface area (Å²) < 4.78 is 0. The summed E-state index contributed by atoms with van der Waals surface area (Å²) in [6.07, 6.45) is 1.99. The van der Waals surface area contributed by atoms with Crippen LogP contribution < -0.4 is 5.73 Å². The van der Waals surface area contributed by atoms with E-state index in [0.717, 1.165) is 6.42 Å². The molecular formula is C14H27N2O4V-. The first-order chi connectivity index (χ1) is 9.44. The molecule has 0 aromatic carbocycles. The maximum absolute atomic E-state index is 11.6. The molecule has 7 heteroatoms. The molecule has 21 heavy (non-hydrogen) atoms. The Kier molecular flexibility index (Phi) is 16.9. The number of amides is 2. The van der Waals surface area contributed by atoms with Crippen LogP contribution in [0.1, 0.15) is 41.0 Å². The predicted octanol–water partition coefficient (Wildman–Crippen LogP) is 0.475. The molecule has 0 aromatic heterocycles. The number of nitrogens with zero attached hydrogens (tertiary/aromatic N) is 1. The second-order valence-electron chi connectivity index (χ2n) is 4.41. The summed E-state index contributed by atoms with van der Waals surface area (Å²) in [4.78, 5) is 32.5. The Morgan fingerprint density at radius 2 is 1.95 bits per heavy atom. The average molecular weight is 338 g/mol. The summed E-state index contributed by atoms with van der Waals surface area (Å²) in [7, 11) is 0. The quantitative estimate of drug-likeness (QED) is 0.577. The molecule has 3 N–H and O–H groups in total. The van der Waals surface area contributed by atoms with Crippen LogP contribution in [-0.4, -0.2) is 47.3 Å². The van der Waals surface area contributed by atoms with E-state index in [4.69, 9.17) is 4.79 Å². The van der Waals surface area contributed by atoms with Crippen LogP contribution in [0.5, 0.6) is 0 Å². The van der Waals surface area contributed by atoms with Crippen molar-refractivity contribution in [3.05, 3.63) is 0 Å². The SMILES string of the molecule is CC.CC[C@H]1[C@@H]([C-]=O)N(C(=O)[C@H](C)O)C[C@@H]1C.NC=O.[V]. The number of carbonyl (C=O) groups excluding carboxylic acids is 3. The number of primary amides is 1. The van der Waals surface area contributed by atoms with E-state index in [1.807, 2.05) is 34.0 Å². The number of carbonyl (C=O) groups is 2. The smallest absolute Gasteiger partial charge is 0.249 e. The van der Waals surface area contributed by atoms with Crippen LogP contribution in [0, 0.1) is 11.8 Å². The van der Waals surface area contributed by atoms with Gasteiger partial charge in [0.2, 0.25) is 12.3 Å². The topological polar surface area (TPSA) is 101 Å². The summed E-state index contributed by atoms with van der Waals surface area (Å²) in [6.45, 7) is 9.99. The zero-order valence-corrected chi connectivity index (χ0v) is 14.8. The molecule has 0 bridgehead atoms. The molecule has 1 saturated heterocycles. The Morgan fingerprint density at radius 1 is 1.52 bits per heavy atom. The molecular weight excluding hydrogens is 311 g/mol. The summed E-state index contributed by atoms with van der Waals surface area (Å²) in [5.74, 6) is 0.0977. The fourth-order valence-corrected chi connectivity index (χ4v) is 2.35. The molecule has 2 amide bonds. The number of aliphatic hydroxyl groups excluding tert-OH is 1. The van der Waals surface area contributed by atoms with Gasteiger partial charge in [0.15, 0.2) is 0 Å². The van der Waals surface area contributed by atoms with Gasteiger partial charge >= 0.3 is 0 Å². The van der Waals surface area contributed by atoms with Crippen molar-refractivity contribution < 1.29 is 38.0 Å². The van der Waals surface area contributed by atoms with Crippen molar-refractivity contribution in [3.63, 3.8) is 0 Å². The van der Waals surface area contributed by atoms with Gasteiger partial charge in [0.05, 0.1) is 0 Å². The molecule has 1 aliphatic heterocycles. The van der Waals surface area contributed by atoms with Crippen LogP contribution in [0.3, 0.4) is 0 Å². The molecule has 1 rings (SSSR count). The van der Waals surface area contributed by atoms with Gasteiger partial charge in [0.1, 0.15) is 6.10 Å². The Hall–Kier alpha value is -0.846. The Bertz CT molecular complexity index is 301. The summed E-state index contributed by atoms with van der Waals surface area (Å²) >= 11 is 0. The molecule has 0 unspecified atom stereocenters. The molecule has 4 atom stereocenters. The predicted molar refractivity (Wildman–Crippen MR) is 77.4 cm³/mol. The van der Waals surface area contributed by atoms with E-state index in [-0.39, 0.29) is 36.8 Å². The average Bonchev–Trinajstić information content (AvgIpc) is 2.76. The molecule has 1 radical (unpaired) electrons. The minimum atomic E-state index is -1.04. The Balaban J connectivity index is -0.000000479. The van der Waals surface area contributed by atoms with Crippen LogP contribution in [0.15, 0.2) is 0 Å². The van der Waals surface area contributed by atoms with Gasteiger partial charge in [-0.15, -0.1) is 0 Å². The van der Waals surface area contributed by atoms with Crippen molar-refractivity contribution in [1.82, 2.24) is 4.90 Å². The third-order valence-corrected chi connectivity index (χ3v) is 3.19. The number of hydrogen-bond acceptors (Lipinski definition) is 4. The zero-order chi connectivity index (χ0) is 16.3. The number of aliphatic hydroxyl groups is 1.